The summed E-state index contributed by atoms with van der Waals surface area (Å²) in [6, 6.07) is 43.5. The molecule has 0 fully saturated rings. The van der Waals surface area contributed by atoms with Gasteiger partial charge in [-0.05, 0) is 109 Å². The fourth-order valence-electron chi connectivity index (χ4n) is 11.9. The summed E-state index contributed by atoms with van der Waals surface area (Å²) in [5, 5.41) is 10.8. The van der Waals surface area contributed by atoms with Gasteiger partial charge in [0.25, 0.3) is 6.71 Å². The quantitative estimate of drug-likeness (QED) is 0.136. The molecular formula is C58H54BN3. The van der Waals surface area contributed by atoms with Gasteiger partial charge in [-0.3, -0.25) is 0 Å². The smallest absolute Gasteiger partial charge is 0.252 e. The van der Waals surface area contributed by atoms with E-state index in [1.54, 1.807) is 0 Å². The monoisotopic (exact) mass is 803 g/mol. The third kappa shape index (κ3) is 4.39. The molecule has 0 radical (unpaired) electrons. The molecule has 0 spiro atoms. The van der Waals surface area contributed by atoms with Gasteiger partial charge < -0.3 is 13.5 Å². The molecule has 4 aromatic heterocycles. The van der Waals surface area contributed by atoms with Crippen LogP contribution in [-0.4, -0.2) is 20.2 Å². The van der Waals surface area contributed by atoms with Crippen LogP contribution < -0.4 is 16.4 Å². The van der Waals surface area contributed by atoms with Gasteiger partial charge in [-0.25, -0.2) is 0 Å². The highest BCUT2D eigenvalue weighted by atomic mass is 15.1. The molecule has 0 aliphatic carbocycles. The minimum atomic E-state index is -0.0518. The lowest BCUT2D eigenvalue weighted by Crippen LogP contribution is -2.60. The summed E-state index contributed by atoms with van der Waals surface area (Å²) in [6.07, 6.45) is 0. The van der Waals surface area contributed by atoms with Crippen molar-refractivity contribution in [1.29, 1.82) is 0 Å². The van der Waals surface area contributed by atoms with Gasteiger partial charge in [0.1, 0.15) is 0 Å². The van der Waals surface area contributed by atoms with Crippen LogP contribution in [0.15, 0.2) is 109 Å². The number of rotatable bonds is 0. The van der Waals surface area contributed by atoms with Gasteiger partial charge in [-0.15, -0.1) is 0 Å². The highest BCUT2D eigenvalue weighted by molar-refractivity contribution is 7.01. The van der Waals surface area contributed by atoms with Crippen molar-refractivity contribution < 1.29 is 0 Å². The molecule has 62 heavy (non-hydrogen) atoms. The van der Waals surface area contributed by atoms with Crippen LogP contribution in [0, 0.1) is 0 Å². The molecule has 0 unspecified atom stereocenters. The normalized spacial score (nSPS) is 14.4. The molecule has 13 rings (SSSR count). The first kappa shape index (κ1) is 36.6. The number of benzene rings is 7. The summed E-state index contributed by atoms with van der Waals surface area (Å²) in [5.41, 5.74) is 21.6. The molecule has 0 N–H and O–H groups in total. The number of nitrogens with zero attached hydrogens (tertiary/aromatic N) is 3. The van der Waals surface area contributed by atoms with Crippen molar-refractivity contribution >= 4 is 105 Å². The average molecular weight is 804 g/mol. The lowest BCUT2D eigenvalue weighted by molar-refractivity contribution is 0.590. The molecular weight excluding hydrogens is 749 g/mol. The van der Waals surface area contributed by atoms with Crippen molar-refractivity contribution in [3.8, 4) is 11.4 Å². The van der Waals surface area contributed by atoms with Crippen molar-refractivity contribution in [2.45, 2.75) is 105 Å². The second kappa shape index (κ2) is 11.1. The zero-order valence-corrected chi connectivity index (χ0v) is 38.3. The second-order valence-corrected chi connectivity index (χ2v) is 23.1. The van der Waals surface area contributed by atoms with Gasteiger partial charge in [-0.1, -0.05) is 144 Å². The summed E-state index contributed by atoms with van der Waals surface area (Å²) < 4.78 is 8.05. The third-order valence-electron chi connectivity index (χ3n) is 15.1. The summed E-state index contributed by atoms with van der Waals surface area (Å²) in [6.45, 7) is 28.5. The zero-order valence-electron chi connectivity index (χ0n) is 38.3. The molecule has 4 heteroatoms. The van der Waals surface area contributed by atoms with E-state index in [0.29, 0.717) is 0 Å². The van der Waals surface area contributed by atoms with E-state index in [2.05, 4.69) is 206 Å². The molecule has 11 aromatic rings. The van der Waals surface area contributed by atoms with Crippen LogP contribution >= 0.6 is 0 Å². The molecule has 304 valence electrons. The maximum absolute atomic E-state index is 2.73. The van der Waals surface area contributed by atoms with Crippen LogP contribution in [-0.2, 0) is 21.7 Å². The molecule has 2 aliphatic heterocycles. The number of aromatic nitrogens is 3. The molecule has 0 saturated heterocycles. The summed E-state index contributed by atoms with van der Waals surface area (Å²) >= 11 is 0. The van der Waals surface area contributed by atoms with E-state index in [9.17, 15) is 0 Å². The van der Waals surface area contributed by atoms with E-state index in [0.717, 1.165) is 0 Å². The van der Waals surface area contributed by atoms with E-state index in [1.807, 2.05) is 0 Å². The molecule has 0 saturated carbocycles. The third-order valence-corrected chi connectivity index (χ3v) is 15.1. The standard InChI is InChI=1S/C58H54BN3/c1-55(2,3)31-21-23-45-37(25-31)39-27-33(57(7,8)9)29-41-50(39)61(45)53-47-35-17-13-15-19-43(35)60-44-20-16-14-18-36(44)48(52(47)60)54-49(53)59(41)42-30-34(58(10,11)12)28-40-38-26-32(56(4,5)6)22-24-46(38)62(54)51(40)42/h13-30H,1-12H3. The Kier molecular flexibility index (Phi) is 6.58. The first-order valence-electron chi connectivity index (χ1n) is 22.8. The van der Waals surface area contributed by atoms with E-state index in [1.165, 1.54) is 132 Å². The van der Waals surface area contributed by atoms with Crippen LogP contribution in [0.25, 0.3) is 93.1 Å². The average Bonchev–Trinajstić information content (AvgIpc) is 3.94. The predicted molar refractivity (Wildman–Crippen MR) is 269 cm³/mol. The van der Waals surface area contributed by atoms with Crippen molar-refractivity contribution in [3.63, 3.8) is 0 Å². The molecule has 0 bridgehead atoms. The Bertz CT molecular complexity index is 3590. The Morgan fingerprint density at radius 2 is 0.742 bits per heavy atom. The predicted octanol–water partition coefficient (Wildman–Crippen LogP) is 13.4. The lowest BCUT2D eigenvalue weighted by Gasteiger charge is -2.36. The van der Waals surface area contributed by atoms with Crippen molar-refractivity contribution in [2.24, 2.45) is 0 Å². The van der Waals surface area contributed by atoms with E-state index < -0.39 is 0 Å². The number of hydrogen-bond donors (Lipinski definition) is 0. The highest BCUT2D eigenvalue weighted by Crippen LogP contribution is 2.50. The highest BCUT2D eigenvalue weighted by Gasteiger charge is 2.45. The van der Waals surface area contributed by atoms with Crippen molar-refractivity contribution in [2.75, 3.05) is 0 Å². The van der Waals surface area contributed by atoms with Gasteiger partial charge in [0.15, 0.2) is 0 Å². The fraction of sp³-hybridized carbons (Fsp3) is 0.276. The summed E-state index contributed by atoms with van der Waals surface area (Å²) in [5.74, 6) is 0. The second-order valence-electron chi connectivity index (χ2n) is 23.1. The summed E-state index contributed by atoms with van der Waals surface area (Å²) in [4.78, 5) is 0. The zero-order chi connectivity index (χ0) is 42.9. The first-order chi connectivity index (χ1) is 29.3. The van der Waals surface area contributed by atoms with Crippen LogP contribution in [0.3, 0.4) is 0 Å². The van der Waals surface area contributed by atoms with Crippen molar-refractivity contribution in [3.05, 3.63) is 131 Å². The first-order valence-corrected chi connectivity index (χ1v) is 22.8. The Morgan fingerprint density at radius 1 is 0.355 bits per heavy atom. The Morgan fingerprint density at radius 3 is 1.15 bits per heavy atom. The van der Waals surface area contributed by atoms with Crippen LogP contribution in [0.2, 0.25) is 0 Å². The molecule has 6 heterocycles. The largest absolute Gasteiger partial charge is 0.309 e. The fourth-order valence-corrected chi connectivity index (χ4v) is 11.9. The number of para-hydroxylation sites is 2. The Balaban J connectivity index is 1.37. The molecule has 0 atom stereocenters. The van der Waals surface area contributed by atoms with Gasteiger partial charge in [-0.2, -0.15) is 0 Å². The van der Waals surface area contributed by atoms with Gasteiger partial charge >= 0.3 is 0 Å². The maximum atomic E-state index is 2.73. The number of fused-ring (bicyclic) bond motifs is 18. The SMILES string of the molecule is CC(C)(C)c1ccc2c(c1)c1cc(C(C)(C)C)cc3c1n2-c1c2c(c4c5ccccc5n5c6ccccc6c1c45)-n1c4ccc(C(C)(C)C)cc4c4cc(C(C)(C)C)cc(c41)B23. The van der Waals surface area contributed by atoms with Gasteiger partial charge in [0.2, 0.25) is 0 Å². The molecule has 3 nitrogen and oxygen atoms in total. The summed E-state index contributed by atoms with van der Waals surface area (Å²) in [7, 11) is 0. The Labute approximate surface area is 364 Å². The molecule has 0 amide bonds. The lowest BCUT2D eigenvalue weighted by atomic mass is 9.33. The number of hydrogen-bond acceptors (Lipinski definition) is 0. The van der Waals surface area contributed by atoms with E-state index >= 15 is 0 Å². The van der Waals surface area contributed by atoms with Crippen molar-refractivity contribution in [1.82, 2.24) is 13.5 Å². The minimum absolute atomic E-state index is 0.0142. The van der Waals surface area contributed by atoms with E-state index in [-0.39, 0.29) is 28.4 Å². The van der Waals surface area contributed by atoms with E-state index in [4.69, 9.17) is 0 Å². The van der Waals surface area contributed by atoms with Gasteiger partial charge in [0.05, 0.1) is 39.0 Å². The maximum Gasteiger partial charge on any atom is 0.252 e. The molecule has 2 aliphatic rings. The topological polar surface area (TPSA) is 14.3 Å². The van der Waals surface area contributed by atoms with Crippen LogP contribution in [0.1, 0.15) is 105 Å². The minimum Gasteiger partial charge on any atom is -0.309 e. The Hall–Kier alpha value is -6.00. The van der Waals surface area contributed by atoms with Crippen LogP contribution in [0.4, 0.5) is 0 Å². The van der Waals surface area contributed by atoms with Gasteiger partial charge in [0, 0.05) is 54.1 Å². The van der Waals surface area contributed by atoms with Crippen LogP contribution in [0.5, 0.6) is 0 Å². The molecule has 7 aromatic carbocycles.